The van der Waals surface area contributed by atoms with E-state index in [1.54, 1.807) is 0 Å². The molecule has 0 amide bonds. The van der Waals surface area contributed by atoms with Crippen LogP contribution in [0.15, 0.2) is 6.20 Å². The predicted octanol–water partition coefficient (Wildman–Crippen LogP) is 1.26. The summed E-state index contributed by atoms with van der Waals surface area (Å²) in [5.41, 5.74) is 7.72. The van der Waals surface area contributed by atoms with Gasteiger partial charge >= 0.3 is 0 Å². The molecular formula is C11H12N4. The SMILES string of the molecule is C#CCn1cc(C)c2c(N)nc(C)nc21. The number of fused-ring (bicyclic) bond motifs is 1. The third-order valence-electron chi connectivity index (χ3n) is 2.31. The lowest BCUT2D eigenvalue weighted by Gasteiger charge is -2.01. The van der Waals surface area contributed by atoms with Gasteiger partial charge in [-0.1, -0.05) is 5.92 Å². The Bertz CT molecular complexity index is 560. The molecule has 76 valence electrons. The van der Waals surface area contributed by atoms with Crippen LogP contribution in [0.25, 0.3) is 11.0 Å². The largest absolute Gasteiger partial charge is 0.383 e. The van der Waals surface area contributed by atoms with Crippen molar-refractivity contribution >= 4 is 16.9 Å². The predicted molar refractivity (Wildman–Crippen MR) is 60.2 cm³/mol. The first-order valence-corrected chi connectivity index (χ1v) is 4.66. The molecule has 4 heteroatoms. The molecule has 0 saturated carbocycles. The Kier molecular flexibility index (Phi) is 2.09. The zero-order valence-electron chi connectivity index (χ0n) is 8.78. The van der Waals surface area contributed by atoms with Gasteiger partial charge in [0.1, 0.15) is 17.3 Å². The average molecular weight is 200 g/mol. The number of rotatable bonds is 1. The summed E-state index contributed by atoms with van der Waals surface area (Å²) < 4.78 is 1.91. The molecule has 2 N–H and O–H groups in total. The molecule has 0 aliphatic carbocycles. The number of anilines is 1. The lowest BCUT2D eigenvalue weighted by molar-refractivity contribution is 0.861. The molecule has 0 unspecified atom stereocenters. The van der Waals surface area contributed by atoms with Crippen LogP contribution in [0, 0.1) is 26.2 Å². The van der Waals surface area contributed by atoms with E-state index in [0.29, 0.717) is 18.2 Å². The molecule has 0 aliphatic heterocycles. The molecule has 0 fully saturated rings. The number of aryl methyl sites for hydroxylation is 2. The standard InChI is InChI=1S/C11H12N4/c1-4-5-15-6-7(2)9-10(12)13-8(3)14-11(9)15/h1,6H,5H2,2-3H3,(H2,12,13,14). The van der Waals surface area contributed by atoms with Gasteiger partial charge in [0.25, 0.3) is 0 Å². The van der Waals surface area contributed by atoms with Crippen molar-refractivity contribution in [3.8, 4) is 12.3 Å². The van der Waals surface area contributed by atoms with Gasteiger partial charge in [-0.15, -0.1) is 6.42 Å². The Labute approximate surface area is 88.1 Å². The zero-order chi connectivity index (χ0) is 11.0. The van der Waals surface area contributed by atoms with Crippen LogP contribution in [-0.4, -0.2) is 14.5 Å². The highest BCUT2D eigenvalue weighted by Gasteiger charge is 2.10. The molecular weight excluding hydrogens is 188 g/mol. The quantitative estimate of drug-likeness (QED) is 0.705. The van der Waals surface area contributed by atoms with Crippen molar-refractivity contribution < 1.29 is 0 Å². The van der Waals surface area contributed by atoms with Crippen molar-refractivity contribution in [3.63, 3.8) is 0 Å². The van der Waals surface area contributed by atoms with Crippen LogP contribution in [0.4, 0.5) is 5.82 Å². The second-order valence-electron chi connectivity index (χ2n) is 3.50. The molecule has 0 atom stereocenters. The first-order chi connectivity index (χ1) is 7.13. The Morgan fingerprint density at radius 1 is 1.47 bits per heavy atom. The van der Waals surface area contributed by atoms with E-state index in [1.165, 1.54) is 0 Å². The fraction of sp³-hybridized carbons (Fsp3) is 0.273. The summed E-state index contributed by atoms with van der Waals surface area (Å²) in [4.78, 5) is 8.49. The molecule has 0 bridgehead atoms. The number of nitrogens with zero attached hydrogens (tertiary/aromatic N) is 3. The maximum absolute atomic E-state index is 5.85. The van der Waals surface area contributed by atoms with Gasteiger partial charge in [0.15, 0.2) is 0 Å². The second kappa shape index (κ2) is 3.28. The van der Waals surface area contributed by atoms with E-state index in [-0.39, 0.29) is 0 Å². The normalized spacial score (nSPS) is 10.5. The lowest BCUT2D eigenvalue weighted by Crippen LogP contribution is -2.00. The first kappa shape index (κ1) is 9.53. The highest BCUT2D eigenvalue weighted by atomic mass is 15.1. The number of terminal acetylenes is 1. The second-order valence-corrected chi connectivity index (χ2v) is 3.50. The minimum absolute atomic E-state index is 0.500. The van der Waals surface area contributed by atoms with Crippen LogP contribution in [0.1, 0.15) is 11.4 Å². The van der Waals surface area contributed by atoms with Crippen molar-refractivity contribution in [2.45, 2.75) is 20.4 Å². The monoisotopic (exact) mass is 200 g/mol. The van der Waals surface area contributed by atoms with E-state index >= 15 is 0 Å². The van der Waals surface area contributed by atoms with Crippen molar-refractivity contribution in [2.24, 2.45) is 0 Å². The van der Waals surface area contributed by atoms with Gasteiger partial charge in [0, 0.05) is 6.20 Å². The van der Waals surface area contributed by atoms with Crippen molar-refractivity contribution in [1.29, 1.82) is 0 Å². The van der Waals surface area contributed by atoms with E-state index in [2.05, 4.69) is 15.9 Å². The molecule has 2 aromatic heterocycles. The summed E-state index contributed by atoms with van der Waals surface area (Å²) >= 11 is 0. The molecule has 0 aromatic carbocycles. The van der Waals surface area contributed by atoms with Crippen molar-refractivity contribution in [2.75, 3.05) is 5.73 Å². The lowest BCUT2D eigenvalue weighted by atomic mass is 10.2. The average Bonchev–Trinajstić information content (AvgIpc) is 2.43. The Morgan fingerprint density at radius 2 is 2.20 bits per heavy atom. The maximum atomic E-state index is 5.85. The van der Waals surface area contributed by atoms with E-state index in [1.807, 2.05) is 24.6 Å². The highest BCUT2D eigenvalue weighted by molar-refractivity contribution is 5.89. The molecule has 0 saturated heterocycles. The summed E-state index contributed by atoms with van der Waals surface area (Å²) in [6.07, 6.45) is 7.24. The molecule has 2 aromatic rings. The Balaban J connectivity index is 2.82. The van der Waals surface area contributed by atoms with E-state index in [0.717, 1.165) is 16.6 Å². The van der Waals surface area contributed by atoms with Gasteiger partial charge < -0.3 is 10.3 Å². The number of hydrogen-bond acceptors (Lipinski definition) is 3. The van der Waals surface area contributed by atoms with E-state index < -0.39 is 0 Å². The highest BCUT2D eigenvalue weighted by Crippen LogP contribution is 2.23. The van der Waals surface area contributed by atoms with Crippen LogP contribution < -0.4 is 5.73 Å². The van der Waals surface area contributed by atoms with Crippen molar-refractivity contribution in [1.82, 2.24) is 14.5 Å². The van der Waals surface area contributed by atoms with Crippen LogP contribution in [0.2, 0.25) is 0 Å². The molecule has 0 aliphatic rings. The van der Waals surface area contributed by atoms with Gasteiger partial charge in [-0.2, -0.15) is 0 Å². The molecule has 0 radical (unpaired) electrons. The summed E-state index contributed by atoms with van der Waals surface area (Å²) in [5, 5.41) is 0.899. The van der Waals surface area contributed by atoms with E-state index in [9.17, 15) is 0 Å². The van der Waals surface area contributed by atoms with Gasteiger partial charge in [-0.25, -0.2) is 9.97 Å². The van der Waals surface area contributed by atoms with Gasteiger partial charge in [-0.05, 0) is 19.4 Å². The number of aromatic nitrogens is 3. The minimum atomic E-state index is 0.500. The van der Waals surface area contributed by atoms with Gasteiger partial charge in [0.05, 0.1) is 11.9 Å². The Morgan fingerprint density at radius 3 is 2.87 bits per heavy atom. The molecule has 2 heterocycles. The summed E-state index contributed by atoms with van der Waals surface area (Å²) in [6.45, 7) is 4.29. The number of nitrogens with two attached hydrogens (primary N) is 1. The van der Waals surface area contributed by atoms with E-state index in [4.69, 9.17) is 12.2 Å². The first-order valence-electron chi connectivity index (χ1n) is 4.66. The summed E-state index contributed by atoms with van der Waals surface area (Å²) in [6, 6.07) is 0. The van der Waals surface area contributed by atoms with Gasteiger partial charge in [-0.3, -0.25) is 0 Å². The number of nitrogen functional groups attached to an aromatic ring is 1. The van der Waals surface area contributed by atoms with Crippen molar-refractivity contribution in [3.05, 3.63) is 17.6 Å². The third-order valence-corrected chi connectivity index (χ3v) is 2.31. The zero-order valence-corrected chi connectivity index (χ0v) is 8.78. The molecule has 4 nitrogen and oxygen atoms in total. The minimum Gasteiger partial charge on any atom is -0.383 e. The van der Waals surface area contributed by atoms with Crippen LogP contribution in [0.5, 0.6) is 0 Å². The summed E-state index contributed by atoms with van der Waals surface area (Å²) in [7, 11) is 0. The Hall–Kier alpha value is -2.02. The van der Waals surface area contributed by atoms with Crippen LogP contribution in [0.3, 0.4) is 0 Å². The van der Waals surface area contributed by atoms with Crippen LogP contribution in [-0.2, 0) is 6.54 Å². The fourth-order valence-corrected chi connectivity index (χ4v) is 1.74. The summed E-state index contributed by atoms with van der Waals surface area (Å²) in [5.74, 6) is 3.77. The number of hydrogen-bond donors (Lipinski definition) is 1. The third kappa shape index (κ3) is 1.42. The maximum Gasteiger partial charge on any atom is 0.146 e. The molecule has 2 rings (SSSR count). The smallest absolute Gasteiger partial charge is 0.146 e. The van der Waals surface area contributed by atoms with Gasteiger partial charge in [0.2, 0.25) is 0 Å². The fourth-order valence-electron chi connectivity index (χ4n) is 1.74. The topological polar surface area (TPSA) is 56.7 Å². The molecule has 0 spiro atoms. The van der Waals surface area contributed by atoms with Crippen LogP contribution >= 0.6 is 0 Å². The molecule has 15 heavy (non-hydrogen) atoms.